The highest BCUT2D eigenvalue weighted by atomic mass is 35.5. The molecule has 1 aliphatic rings. The van der Waals surface area contributed by atoms with E-state index in [-0.39, 0.29) is 23.7 Å². The normalized spacial score (nSPS) is 16.7. The zero-order chi connectivity index (χ0) is 14.2. The zero-order valence-corrected chi connectivity index (χ0v) is 11.9. The van der Waals surface area contributed by atoms with Crippen molar-refractivity contribution >= 4 is 29.2 Å². The van der Waals surface area contributed by atoms with Crippen molar-refractivity contribution in [2.45, 2.75) is 31.8 Å². The van der Waals surface area contributed by atoms with E-state index >= 15 is 0 Å². The van der Waals surface area contributed by atoms with Gasteiger partial charge in [0.1, 0.15) is 5.82 Å². The summed E-state index contributed by atoms with van der Waals surface area (Å²) in [5, 5.41) is 9.28. The van der Waals surface area contributed by atoms with Crippen LogP contribution < -0.4 is 0 Å². The van der Waals surface area contributed by atoms with Crippen molar-refractivity contribution in [1.29, 1.82) is 0 Å². The Bertz CT molecular complexity index is 506. The second kappa shape index (κ2) is 5.65. The van der Waals surface area contributed by atoms with E-state index in [9.17, 15) is 9.18 Å². The van der Waals surface area contributed by atoms with E-state index in [2.05, 4.69) is 0 Å². The molecule has 1 aromatic carbocycles. The first kappa shape index (κ1) is 14.6. The number of benzene rings is 1. The van der Waals surface area contributed by atoms with E-state index in [1.807, 2.05) is 11.8 Å². The summed E-state index contributed by atoms with van der Waals surface area (Å²) < 4.78 is 13.5. The highest BCUT2D eigenvalue weighted by Crippen LogP contribution is 2.37. The summed E-state index contributed by atoms with van der Waals surface area (Å²) in [7, 11) is 0. The third-order valence-corrected chi connectivity index (χ3v) is 3.94. The van der Waals surface area contributed by atoms with Crippen molar-refractivity contribution in [3.63, 3.8) is 0 Å². The van der Waals surface area contributed by atoms with Gasteiger partial charge in [-0.3, -0.25) is 9.69 Å². The molecule has 0 aliphatic heterocycles. The fourth-order valence-electron chi connectivity index (χ4n) is 2.18. The molecule has 0 radical (unpaired) electrons. The number of aliphatic carboxylic acids is 1. The molecule has 0 bridgehead atoms. The predicted octanol–water partition coefficient (Wildman–Crippen LogP) is 3.74. The number of hydrogen-bond donors (Lipinski definition) is 1. The van der Waals surface area contributed by atoms with Crippen molar-refractivity contribution in [2.24, 2.45) is 0 Å². The highest BCUT2D eigenvalue weighted by Gasteiger charge is 2.34. The van der Waals surface area contributed by atoms with E-state index in [4.69, 9.17) is 28.3 Å². The molecule has 6 heteroatoms. The molecule has 1 fully saturated rings. The Balaban J connectivity index is 2.28. The van der Waals surface area contributed by atoms with E-state index in [1.165, 1.54) is 12.1 Å². The quantitative estimate of drug-likeness (QED) is 0.842. The van der Waals surface area contributed by atoms with Gasteiger partial charge in [0, 0.05) is 17.1 Å². The van der Waals surface area contributed by atoms with Crippen molar-refractivity contribution in [3.8, 4) is 0 Å². The standard InChI is InChI=1S/C13H14Cl2FNO2/c1-7(17(6-13(18)19)8-2-3-8)9-4-12(16)11(15)5-10(9)14/h4-5,7-8H,2-3,6H2,1H3,(H,18,19). The van der Waals surface area contributed by atoms with Crippen LogP contribution in [0.4, 0.5) is 4.39 Å². The molecule has 1 N–H and O–H groups in total. The van der Waals surface area contributed by atoms with Gasteiger partial charge >= 0.3 is 5.97 Å². The van der Waals surface area contributed by atoms with Crippen LogP contribution in [0.5, 0.6) is 0 Å². The Morgan fingerprint density at radius 3 is 2.63 bits per heavy atom. The second-order valence-corrected chi connectivity index (χ2v) is 5.58. The molecule has 1 atom stereocenters. The minimum absolute atomic E-state index is 0.0304. The minimum Gasteiger partial charge on any atom is -0.480 e. The van der Waals surface area contributed by atoms with E-state index in [0.717, 1.165) is 12.8 Å². The summed E-state index contributed by atoms with van der Waals surface area (Å²) in [5.74, 6) is -1.44. The molecular weight excluding hydrogens is 292 g/mol. The van der Waals surface area contributed by atoms with Crippen LogP contribution in [0.2, 0.25) is 10.0 Å². The van der Waals surface area contributed by atoms with E-state index < -0.39 is 11.8 Å². The summed E-state index contributed by atoms with van der Waals surface area (Å²) in [4.78, 5) is 12.7. The number of hydrogen-bond acceptors (Lipinski definition) is 2. The molecule has 104 valence electrons. The first-order chi connectivity index (χ1) is 8.90. The van der Waals surface area contributed by atoms with Crippen molar-refractivity contribution in [3.05, 3.63) is 33.6 Å². The van der Waals surface area contributed by atoms with Crippen LogP contribution in [-0.4, -0.2) is 28.6 Å². The number of halogens is 3. The van der Waals surface area contributed by atoms with Crippen LogP contribution in [0.15, 0.2) is 12.1 Å². The lowest BCUT2D eigenvalue weighted by Crippen LogP contribution is -2.34. The minimum atomic E-state index is -0.899. The van der Waals surface area contributed by atoms with E-state index in [1.54, 1.807) is 0 Å². The lowest BCUT2D eigenvalue weighted by molar-refractivity contribution is -0.139. The summed E-state index contributed by atoms with van der Waals surface area (Å²) >= 11 is 11.7. The molecule has 1 unspecified atom stereocenters. The number of nitrogens with zero attached hydrogens (tertiary/aromatic N) is 1. The molecule has 2 rings (SSSR count). The molecule has 19 heavy (non-hydrogen) atoms. The van der Waals surface area contributed by atoms with Gasteiger partial charge in [0.15, 0.2) is 0 Å². The van der Waals surface area contributed by atoms with Crippen molar-refractivity contribution < 1.29 is 14.3 Å². The molecular formula is C13H14Cl2FNO2. The monoisotopic (exact) mass is 305 g/mol. The van der Waals surface area contributed by atoms with Crippen LogP contribution in [0, 0.1) is 5.82 Å². The fourth-order valence-corrected chi connectivity index (χ4v) is 2.72. The Labute approximate surface area is 120 Å². The maximum Gasteiger partial charge on any atom is 0.317 e. The van der Waals surface area contributed by atoms with Crippen molar-refractivity contribution in [2.75, 3.05) is 6.54 Å². The zero-order valence-electron chi connectivity index (χ0n) is 10.4. The Morgan fingerprint density at radius 1 is 1.47 bits per heavy atom. The number of carboxylic acids is 1. The molecule has 0 amide bonds. The molecule has 1 aliphatic carbocycles. The molecule has 0 saturated heterocycles. The van der Waals surface area contributed by atoms with Crippen LogP contribution in [-0.2, 0) is 4.79 Å². The van der Waals surface area contributed by atoms with Crippen molar-refractivity contribution in [1.82, 2.24) is 4.90 Å². The predicted molar refractivity (Wildman–Crippen MR) is 72.2 cm³/mol. The van der Waals surface area contributed by atoms with E-state index in [0.29, 0.717) is 10.6 Å². The fraction of sp³-hybridized carbons (Fsp3) is 0.462. The van der Waals surface area contributed by atoms with Gasteiger partial charge in [-0.25, -0.2) is 4.39 Å². The van der Waals surface area contributed by atoms with Crippen LogP contribution in [0.3, 0.4) is 0 Å². The summed E-state index contributed by atoms with van der Waals surface area (Å²) in [6.07, 6.45) is 1.93. The van der Waals surface area contributed by atoms with Gasteiger partial charge in [-0.2, -0.15) is 0 Å². The van der Waals surface area contributed by atoms with Crippen LogP contribution >= 0.6 is 23.2 Å². The largest absolute Gasteiger partial charge is 0.480 e. The Morgan fingerprint density at radius 2 is 2.11 bits per heavy atom. The second-order valence-electron chi connectivity index (χ2n) is 4.76. The van der Waals surface area contributed by atoms with Crippen LogP contribution in [0.25, 0.3) is 0 Å². The van der Waals surface area contributed by atoms with Gasteiger partial charge in [-0.15, -0.1) is 0 Å². The third-order valence-electron chi connectivity index (χ3n) is 3.32. The lowest BCUT2D eigenvalue weighted by atomic mass is 10.1. The molecule has 0 aromatic heterocycles. The van der Waals surface area contributed by atoms with Gasteiger partial charge in [-0.05, 0) is 37.5 Å². The maximum atomic E-state index is 13.5. The SMILES string of the molecule is CC(c1cc(F)c(Cl)cc1Cl)N(CC(=O)O)C1CC1. The molecule has 1 aromatic rings. The summed E-state index contributed by atoms with van der Waals surface area (Å²) in [6.45, 7) is 1.75. The number of carbonyl (C=O) groups is 1. The van der Waals surface area contributed by atoms with Gasteiger partial charge in [0.05, 0.1) is 11.6 Å². The van der Waals surface area contributed by atoms with Gasteiger partial charge in [-0.1, -0.05) is 23.2 Å². The molecule has 1 saturated carbocycles. The van der Waals surface area contributed by atoms with Gasteiger partial charge in [0.25, 0.3) is 0 Å². The highest BCUT2D eigenvalue weighted by molar-refractivity contribution is 6.35. The van der Waals surface area contributed by atoms with Gasteiger partial charge < -0.3 is 5.11 Å². The smallest absolute Gasteiger partial charge is 0.317 e. The maximum absolute atomic E-state index is 13.5. The van der Waals surface area contributed by atoms with Crippen LogP contribution in [0.1, 0.15) is 31.4 Å². The average Bonchev–Trinajstić information content (AvgIpc) is 3.14. The lowest BCUT2D eigenvalue weighted by Gasteiger charge is -2.28. The first-order valence-electron chi connectivity index (χ1n) is 6.02. The number of rotatable bonds is 5. The number of carboxylic acid groups (broad SMARTS) is 1. The summed E-state index contributed by atoms with van der Waals surface area (Å²) in [5.41, 5.74) is 0.566. The Hall–Kier alpha value is -0.840. The topological polar surface area (TPSA) is 40.5 Å². The van der Waals surface area contributed by atoms with Gasteiger partial charge in [0.2, 0.25) is 0 Å². The first-order valence-corrected chi connectivity index (χ1v) is 6.77. The average molecular weight is 306 g/mol. The molecule has 0 spiro atoms. The third kappa shape index (κ3) is 3.38. The molecule has 3 nitrogen and oxygen atoms in total. The Kier molecular flexibility index (Phi) is 4.33. The summed E-state index contributed by atoms with van der Waals surface area (Å²) in [6, 6.07) is 2.62. The molecule has 0 heterocycles.